The van der Waals surface area contributed by atoms with Gasteiger partial charge in [0, 0.05) is 17.4 Å². The van der Waals surface area contributed by atoms with Gasteiger partial charge in [-0.1, -0.05) is 5.16 Å². The van der Waals surface area contributed by atoms with E-state index < -0.39 is 0 Å². The van der Waals surface area contributed by atoms with E-state index in [1.165, 1.54) is 6.42 Å². The normalized spacial score (nSPS) is 20.4. The van der Waals surface area contributed by atoms with Gasteiger partial charge in [-0.25, -0.2) is 0 Å². The minimum atomic E-state index is 0.649. The van der Waals surface area contributed by atoms with Crippen molar-refractivity contribution in [2.24, 2.45) is 5.92 Å². The van der Waals surface area contributed by atoms with Crippen molar-refractivity contribution >= 4 is 11.3 Å². The Labute approximate surface area is 97.7 Å². The van der Waals surface area contributed by atoms with Crippen molar-refractivity contribution in [1.82, 2.24) is 15.5 Å². The highest BCUT2D eigenvalue weighted by Crippen LogP contribution is 2.20. The standard InChI is InChI=1S/C11H13N3OS/c1-3-12-6-8(1)5-10-13-11(14-15-10)9-2-4-16-7-9/h2,4,7-8,12H,1,3,5-6H2. The van der Waals surface area contributed by atoms with Crippen LogP contribution in [0.5, 0.6) is 0 Å². The van der Waals surface area contributed by atoms with Gasteiger partial charge < -0.3 is 9.84 Å². The molecule has 1 saturated heterocycles. The lowest BCUT2D eigenvalue weighted by atomic mass is 10.1. The van der Waals surface area contributed by atoms with Gasteiger partial charge in [-0.15, -0.1) is 0 Å². The van der Waals surface area contributed by atoms with Crippen LogP contribution in [0, 0.1) is 5.92 Å². The van der Waals surface area contributed by atoms with Crippen LogP contribution in [0.1, 0.15) is 12.3 Å². The number of aromatic nitrogens is 2. The van der Waals surface area contributed by atoms with Crippen LogP contribution in [-0.2, 0) is 6.42 Å². The Bertz CT molecular complexity index is 446. The smallest absolute Gasteiger partial charge is 0.227 e. The second kappa shape index (κ2) is 4.35. The van der Waals surface area contributed by atoms with Crippen molar-refractivity contribution in [1.29, 1.82) is 0 Å². The third-order valence-electron chi connectivity index (χ3n) is 2.87. The average molecular weight is 235 g/mol. The summed E-state index contributed by atoms with van der Waals surface area (Å²) in [5.74, 6) is 2.12. The molecule has 16 heavy (non-hydrogen) atoms. The van der Waals surface area contributed by atoms with Crippen LogP contribution in [-0.4, -0.2) is 23.2 Å². The Kier molecular flexibility index (Phi) is 2.71. The van der Waals surface area contributed by atoms with Gasteiger partial charge in [-0.3, -0.25) is 0 Å². The van der Waals surface area contributed by atoms with E-state index in [1.807, 2.05) is 16.8 Å². The van der Waals surface area contributed by atoms with E-state index in [4.69, 9.17) is 4.52 Å². The molecule has 1 atom stereocenters. The Balaban J connectivity index is 1.72. The quantitative estimate of drug-likeness (QED) is 0.883. The molecule has 3 rings (SSSR count). The first-order valence-corrected chi connectivity index (χ1v) is 6.42. The van der Waals surface area contributed by atoms with E-state index in [2.05, 4.69) is 15.5 Å². The molecule has 1 N–H and O–H groups in total. The van der Waals surface area contributed by atoms with Crippen molar-refractivity contribution in [2.75, 3.05) is 13.1 Å². The molecule has 1 fully saturated rings. The second-order valence-corrected chi connectivity index (χ2v) is 4.87. The molecular formula is C11H13N3OS. The summed E-state index contributed by atoms with van der Waals surface area (Å²) in [4.78, 5) is 4.42. The van der Waals surface area contributed by atoms with E-state index in [1.54, 1.807) is 11.3 Å². The molecule has 5 heteroatoms. The lowest BCUT2D eigenvalue weighted by Gasteiger charge is -2.01. The van der Waals surface area contributed by atoms with Crippen LogP contribution in [0.2, 0.25) is 0 Å². The fourth-order valence-corrected chi connectivity index (χ4v) is 2.62. The van der Waals surface area contributed by atoms with Gasteiger partial charge in [0.1, 0.15) is 0 Å². The van der Waals surface area contributed by atoms with Gasteiger partial charge in [-0.2, -0.15) is 16.3 Å². The van der Waals surface area contributed by atoms with E-state index in [9.17, 15) is 0 Å². The zero-order chi connectivity index (χ0) is 10.8. The molecule has 1 aliphatic heterocycles. The molecule has 2 aromatic rings. The molecule has 0 aromatic carbocycles. The summed E-state index contributed by atoms with van der Waals surface area (Å²) in [6.45, 7) is 2.17. The highest BCUT2D eigenvalue weighted by atomic mass is 32.1. The highest BCUT2D eigenvalue weighted by Gasteiger charge is 2.18. The molecule has 0 spiro atoms. The highest BCUT2D eigenvalue weighted by molar-refractivity contribution is 7.08. The molecular weight excluding hydrogens is 222 g/mol. The summed E-state index contributed by atoms with van der Waals surface area (Å²) in [6.07, 6.45) is 2.10. The monoisotopic (exact) mass is 235 g/mol. The van der Waals surface area contributed by atoms with Gasteiger partial charge in [0.15, 0.2) is 0 Å². The van der Waals surface area contributed by atoms with Crippen LogP contribution >= 0.6 is 11.3 Å². The fraction of sp³-hybridized carbons (Fsp3) is 0.455. The van der Waals surface area contributed by atoms with Crippen LogP contribution in [0.4, 0.5) is 0 Å². The summed E-state index contributed by atoms with van der Waals surface area (Å²) in [5.41, 5.74) is 1.05. The molecule has 2 aromatic heterocycles. The number of hydrogen-bond acceptors (Lipinski definition) is 5. The topological polar surface area (TPSA) is 51.0 Å². The average Bonchev–Trinajstić information content (AvgIpc) is 2.99. The molecule has 4 nitrogen and oxygen atoms in total. The summed E-state index contributed by atoms with van der Waals surface area (Å²) in [6, 6.07) is 2.01. The maximum Gasteiger partial charge on any atom is 0.227 e. The van der Waals surface area contributed by atoms with Gasteiger partial charge in [0.2, 0.25) is 11.7 Å². The molecule has 1 unspecified atom stereocenters. The minimum Gasteiger partial charge on any atom is -0.339 e. The van der Waals surface area contributed by atoms with Gasteiger partial charge >= 0.3 is 0 Å². The summed E-state index contributed by atoms with van der Waals surface area (Å²) >= 11 is 1.64. The molecule has 0 saturated carbocycles. The fourth-order valence-electron chi connectivity index (χ4n) is 1.98. The SMILES string of the molecule is c1cc(-c2noc(CC3CCNC3)n2)cs1. The van der Waals surface area contributed by atoms with Crippen molar-refractivity contribution in [3.8, 4) is 11.4 Å². The number of rotatable bonds is 3. The zero-order valence-electron chi connectivity index (χ0n) is 8.85. The van der Waals surface area contributed by atoms with Crippen LogP contribution in [0.15, 0.2) is 21.3 Å². The van der Waals surface area contributed by atoms with Crippen molar-refractivity contribution in [3.05, 3.63) is 22.7 Å². The third kappa shape index (κ3) is 2.01. The molecule has 0 bridgehead atoms. The molecule has 0 radical (unpaired) electrons. The maximum atomic E-state index is 5.27. The largest absolute Gasteiger partial charge is 0.339 e. The predicted octanol–water partition coefficient (Wildman–Crippen LogP) is 1.95. The van der Waals surface area contributed by atoms with Crippen LogP contribution in [0.3, 0.4) is 0 Å². The van der Waals surface area contributed by atoms with E-state index in [-0.39, 0.29) is 0 Å². The zero-order valence-corrected chi connectivity index (χ0v) is 9.67. The molecule has 84 valence electrons. The summed E-state index contributed by atoms with van der Waals surface area (Å²) in [5, 5.41) is 11.4. The van der Waals surface area contributed by atoms with E-state index >= 15 is 0 Å². The van der Waals surface area contributed by atoms with Crippen LogP contribution < -0.4 is 5.32 Å². The number of nitrogens with one attached hydrogen (secondary N) is 1. The van der Waals surface area contributed by atoms with E-state index in [0.29, 0.717) is 11.7 Å². The Hall–Kier alpha value is -1.20. The Morgan fingerprint density at radius 3 is 3.31 bits per heavy atom. The second-order valence-electron chi connectivity index (χ2n) is 4.09. The first-order valence-electron chi connectivity index (χ1n) is 5.48. The maximum absolute atomic E-state index is 5.27. The third-order valence-corrected chi connectivity index (χ3v) is 3.56. The number of thiophene rings is 1. The molecule has 0 aliphatic carbocycles. The molecule has 3 heterocycles. The first-order chi connectivity index (χ1) is 7.92. The van der Waals surface area contributed by atoms with Crippen molar-refractivity contribution < 1.29 is 4.52 Å². The first kappa shape index (κ1) is 9.99. The number of hydrogen-bond donors (Lipinski definition) is 1. The van der Waals surface area contributed by atoms with Crippen molar-refractivity contribution in [3.63, 3.8) is 0 Å². The Morgan fingerprint density at radius 1 is 1.56 bits per heavy atom. The van der Waals surface area contributed by atoms with Gasteiger partial charge in [0.25, 0.3) is 0 Å². The molecule has 1 aliphatic rings. The Morgan fingerprint density at radius 2 is 2.56 bits per heavy atom. The lowest BCUT2D eigenvalue weighted by Crippen LogP contribution is -2.10. The summed E-state index contributed by atoms with van der Waals surface area (Å²) in [7, 11) is 0. The van der Waals surface area contributed by atoms with Crippen molar-refractivity contribution in [2.45, 2.75) is 12.8 Å². The molecule has 0 amide bonds. The summed E-state index contributed by atoms with van der Waals surface area (Å²) < 4.78 is 5.27. The van der Waals surface area contributed by atoms with Gasteiger partial charge in [0.05, 0.1) is 0 Å². The lowest BCUT2D eigenvalue weighted by molar-refractivity contribution is 0.358. The van der Waals surface area contributed by atoms with Gasteiger partial charge in [-0.05, 0) is 36.9 Å². The number of nitrogens with zero attached hydrogens (tertiary/aromatic N) is 2. The minimum absolute atomic E-state index is 0.649. The predicted molar refractivity (Wildman–Crippen MR) is 62.3 cm³/mol. The van der Waals surface area contributed by atoms with Crippen LogP contribution in [0.25, 0.3) is 11.4 Å². The van der Waals surface area contributed by atoms with E-state index in [0.717, 1.165) is 31.0 Å².